The molecule has 29 heavy (non-hydrogen) atoms. The van der Waals surface area contributed by atoms with E-state index in [4.69, 9.17) is 18.9 Å². The number of hydrogen-bond acceptors (Lipinski definition) is 5. The van der Waals surface area contributed by atoms with Gasteiger partial charge in [0.15, 0.2) is 6.29 Å². The van der Waals surface area contributed by atoms with Gasteiger partial charge in [-0.3, -0.25) is 0 Å². The molecule has 2 heterocycles. The summed E-state index contributed by atoms with van der Waals surface area (Å²) < 4.78 is 64.0. The van der Waals surface area contributed by atoms with Crippen molar-refractivity contribution in [1.82, 2.24) is 0 Å². The molecule has 2 saturated heterocycles. The molecule has 0 saturated carbocycles. The van der Waals surface area contributed by atoms with Gasteiger partial charge in [-0.1, -0.05) is 24.3 Å². The third-order valence-electron chi connectivity index (χ3n) is 5.05. The van der Waals surface area contributed by atoms with E-state index in [9.17, 15) is 13.2 Å². The highest BCUT2D eigenvalue weighted by Crippen LogP contribution is 2.39. The van der Waals surface area contributed by atoms with E-state index in [-0.39, 0.29) is 24.1 Å². The summed E-state index contributed by atoms with van der Waals surface area (Å²) in [5.41, 5.74) is 1.71. The molecule has 4 atom stereocenters. The highest BCUT2D eigenvalue weighted by molar-refractivity contribution is 5.29. The predicted octanol–water partition coefficient (Wildman–Crippen LogP) is 4.93. The van der Waals surface area contributed by atoms with E-state index >= 15 is 0 Å². The van der Waals surface area contributed by atoms with Crippen molar-refractivity contribution in [3.8, 4) is 11.5 Å². The first kappa shape index (κ1) is 20.0. The van der Waals surface area contributed by atoms with Crippen LogP contribution in [0.25, 0.3) is 0 Å². The standard InChI is InChI=1S/C21H21F3O5/c1-25-15-6-4-14(5-7-15)20-26-12-19-18(28-20)11-10-17(27-19)13-2-8-16(9-3-13)29-21(22,23)24/h2-9,17-20H,10-12H2,1H3/t17-,18+,19-,20?/m1/s1. The summed E-state index contributed by atoms with van der Waals surface area (Å²) in [7, 11) is 1.61. The van der Waals surface area contributed by atoms with Crippen molar-refractivity contribution in [1.29, 1.82) is 0 Å². The van der Waals surface area contributed by atoms with Crippen LogP contribution in [0.5, 0.6) is 11.5 Å². The van der Waals surface area contributed by atoms with Crippen LogP contribution in [0.4, 0.5) is 13.2 Å². The van der Waals surface area contributed by atoms with Crippen LogP contribution in [0.3, 0.4) is 0 Å². The van der Waals surface area contributed by atoms with E-state index in [1.807, 2.05) is 24.3 Å². The van der Waals surface area contributed by atoms with Crippen LogP contribution in [-0.2, 0) is 14.2 Å². The Morgan fingerprint density at radius 1 is 0.828 bits per heavy atom. The van der Waals surface area contributed by atoms with Crippen LogP contribution < -0.4 is 9.47 Å². The maximum Gasteiger partial charge on any atom is 0.573 e. The van der Waals surface area contributed by atoms with Gasteiger partial charge in [0, 0.05) is 5.56 Å². The Bertz CT molecular complexity index is 807. The van der Waals surface area contributed by atoms with Gasteiger partial charge in [0.25, 0.3) is 0 Å². The van der Waals surface area contributed by atoms with Crippen molar-refractivity contribution < 1.29 is 36.9 Å². The van der Waals surface area contributed by atoms with Crippen LogP contribution in [0.2, 0.25) is 0 Å². The molecule has 0 aliphatic carbocycles. The lowest BCUT2D eigenvalue weighted by atomic mass is 9.95. The topological polar surface area (TPSA) is 46.2 Å². The molecule has 156 valence electrons. The minimum Gasteiger partial charge on any atom is -0.497 e. The number of ether oxygens (including phenoxy) is 5. The first-order valence-electron chi connectivity index (χ1n) is 9.33. The van der Waals surface area contributed by atoms with E-state index in [1.165, 1.54) is 12.1 Å². The van der Waals surface area contributed by atoms with E-state index < -0.39 is 12.7 Å². The quantitative estimate of drug-likeness (QED) is 0.716. The van der Waals surface area contributed by atoms with E-state index in [1.54, 1.807) is 19.2 Å². The van der Waals surface area contributed by atoms with Crippen molar-refractivity contribution in [2.45, 2.75) is 43.8 Å². The molecule has 2 aliphatic rings. The molecule has 0 radical (unpaired) electrons. The summed E-state index contributed by atoms with van der Waals surface area (Å²) in [6, 6.07) is 13.3. The molecular formula is C21H21F3O5. The molecule has 0 N–H and O–H groups in total. The van der Waals surface area contributed by atoms with Gasteiger partial charge in [-0.2, -0.15) is 0 Å². The van der Waals surface area contributed by atoms with Crippen LogP contribution >= 0.6 is 0 Å². The zero-order chi connectivity index (χ0) is 20.4. The van der Waals surface area contributed by atoms with Crippen LogP contribution in [0.1, 0.15) is 36.4 Å². The highest BCUT2D eigenvalue weighted by atomic mass is 19.4. The Balaban J connectivity index is 1.35. The summed E-state index contributed by atoms with van der Waals surface area (Å²) in [5, 5.41) is 0. The molecule has 0 aromatic heterocycles. The molecule has 8 heteroatoms. The highest BCUT2D eigenvalue weighted by Gasteiger charge is 2.39. The molecule has 2 fully saturated rings. The average molecular weight is 410 g/mol. The second-order valence-corrected chi connectivity index (χ2v) is 6.97. The third kappa shape index (κ3) is 4.83. The van der Waals surface area contributed by atoms with Gasteiger partial charge in [-0.25, -0.2) is 0 Å². The van der Waals surface area contributed by atoms with Crippen LogP contribution in [0.15, 0.2) is 48.5 Å². The van der Waals surface area contributed by atoms with Gasteiger partial charge in [0.1, 0.15) is 17.6 Å². The number of halogens is 3. The van der Waals surface area contributed by atoms with E-state index in [0.717, 1.165) is 23.3 Å². The van der Waals surface area contributed by atoms with Gasteiger partial charge in [0.05, 0.1) is 25.9 Å². The molecule has 1 unspecified atom stereocenters. The fraction of sp³-hybridized carbons (Fsp3) is 0.429. The van der Waals surface area contributed by atoms with Gasteiger partial charge in [0.2, 0.25) is 0 Å². The maximum absolute atomic E-state index is 12.3. The van der Waals surface area contributed by atoms with Crippen LogP contribution in [0, 0.1) is 0 Å². The molecule has 2 aromatic carbocycles. The molecule has 2 aliphatic heterocycles. The molecule has 0 amide bonds. The SMILES string of the molecule is COc1ccc(C2OC[C@H]3O[C@@H](c4ccc(OC(F)(F)F)cc4)CC[C@@H]3O2)cc1. The number of fused-ring (bicyclic) bond motifs is 1. The third-order valence-corrected chi connectivity index (χ3v) is 5.05. The second kappa shape index (κ2) is 8.22. The van der Waals surface area contributed by atoms with Crippen molar-refractivity contribution in [3.63, 3.8) is 0 Å². The van der Waals surface area contributed by atoms with Crippen molar-refractivity contribution in [2.24, 2.45) is 0 Å². The molecule has 2 aromatic rings. The Kier molecular flexibility index (Phi) is 5.67. The first-order chi connectivity index (χ1) is 13.9. The van der Waals surface area contributed by atoms with E-state index in [2.05, 4.69) is 4.74 Å². The molecule has 4 rings (SSSR count). The van der Waals surface area contributed by atoms with Gasteiger partial charge >= 0.3 is 6.36 Å². The van der Waals surface area contributed by atoms with E-state index in [0.29, 0.717) is 13.0 Å². The Labute approximate surface area is 166 Å². The molecule has 5 nitrogen and oxygen atoms in total. The monoisotopic (exact) mass is 410 g/mol. The molecular weight excluding hydrogens is 389 g/mol. The lowest BCUT2D eigenvalue weighted by Gasteiger charge is -2.42. The number of alkyl halides is 3. The van der Waals surface area contributed by atoms with Crippen molar-refractivity contribution >= 4 is 0 Å². The number of methoxy groups -OCH3 is 1. The van der Waals surface area contributed by atoms with Crippen LogP contribution in [-0.4, -0.2) is 32.3 Å². The number of rotatable bonds is 4. The maximum atomic E-state index is 12.3. The fourth-order valence-corrected chi connectivity index (χ4v) is 3.62. The Hall–Kier alpha value is -2.29. The smallest absolute Gasteiger partial charge is 0.497 e. The zero-order valence-electron chi connectivity index (χ0n) is 15.7. The Morgan fingerprint density at radius 3 is 2.14 bits per heavy atom. The summed E-state index contributed by atoms with van der Waals surface area (Å²) >= 11 is 0. The molecule has 0 bridgehead atoms. The van der Waals surface area contributed by atoms with Crippen molar-refractivity contribution in [3.05, 3.63) is 59.7 Å². The number of hydrogen-bond donors (Lipinski definition) is 0. The number of benzene rings is 2. The zero-order valence-corrected chi connectivity index (χ0v) is 15.7. The lowest BCUT2D eigenvalue weighted by molar-refractivity contribution is -0.289. The summed E-state index contributed by atoms with van der Waals surface area (Å²) in [5.74, 6) is 0.513. The normalized spacial score (nSPS) is 27.2. The largest absolute Gasteiger partial charge is 0.573 e. The van der Waals surface area contributed by atoms with Gasteiger partial charge in [-0.05, 0) is 42.7 Å². The molecule has 0 spiro atoms. The first-order valence-corrected chi connectivity index (χ1v) is 9.33. The lowest BCUT2D eigenvalue weighted by Crippen LogP contribution is -2.45. The Morgan fingerprint density at radius 2 is 1.48 bits per heavy atom. The second-order valence-electron chi connectivity index (χ2n) is 6.97. The average Bonchev–Trinajstić information content (AvgIpc) is 2.72. The van der Waals surface area contributed by atoms with Gasteiger partial charge < -0.3 is 23.7 Å². The summed E-state index contributed by atoms with van der Waals surface area (Å²) in [4.78, 5) is 0. The minimum absolute atomic E-state index is 0.0973. The summed E-state index contributed by atoms with van der Waals surface area (Å²) in [6.07, 6.45) is -4.23. The van der Waals surface area contributed by atoms with Crippen molar-refractivity contribution in [2.75, 3.05) is 13.7 Å². The summed E-state index contributed by atoms with van der Waals surface area (Å²) in [6.45, 7) is 0.382. The minimum atomic E-state index is -4.70. The fourth-order valence-electron chi connectivity index (χ4n) is 3.62. The predicted molar refractivity (Wildman–Crippen MR) is 96.5 cm³/mol. The van der Waals surface area contributed by atoms with Gasteiger partial charge in [-0.15, -0.1) is 13.2 Å².